The molecule has 1 aliphatic rings. The standard InChI is InChI=1S/C17H19FN4O2/c1-11(23)19-9-10-20-17(24)16-14-3-2-4-15(14)22(21-16)13-7-5-12(18)6-8-13/h5-8H,2-4,9-10H2,1H3,(H,19,23)(H,20,24). The number of fused-ring (bicyclic) bond motifs is 1. The van der Waals surface area contributed by atoms with Crippen molar-refractivity contribution in [1.29, 1.82) is 0 Å². The molecule has 1 aliphatic carbocycles. The molecule has 1 aromatic heterocycles. The molecule has 1 heterocycles. The Hall–Kier alpha value is -2.70. The summed E-state index contributed by atoms with van der Waals surface area (Å²) in [6, 6.07) is 6.07. The van der Waals surface area contributed by atoms with Crippen LogP contribution in [0.3, 0.4) is 0 Å². The van der Waals surface area contributed by atoms with Gasteiger partial charge in [0.1, 0.15) is 5.82 Å². The van der Waals surface area contributed by atoms with E-state index in [4.69, 9.17) is 0 Å². The van der Waals surface area contributed by atoms with E-state index < -0.39 is 0 Å². The number of hydrogen-bond acceptors (Lipinski definition) is 3. The molecule has 0 radical (unpaired) electrons. The highest BCUT2D eigenvalue weighted by atomic mass is 19.1. The lowest BCUT2D eigenvalue weighted by molar-refractivity contribution is -0.118. The van der Waals surface area contributed by atoms with Crippen molar-refractivity contribution >= 4 is 11.8 Å². The summed E-state index contributed by atoms with van der Waals surface area (Å²) >= 11 is 0. The van der Waals surface area contributed by atoms with Crippen LogP contribution in [-0.2, 0) is 17.6 Å². The van der Waals surface area contributed by atoms with E-state index in [2.05, 4.69) is 15.7 Å². The van der Waals surface area contributed by atoms with Crippen molar-refractivity contribution in [1.82, 2.24) is 20.4 Å². The van der Waals surface area contributed by atoms with Crippen LogP contribution in [-0.4, -0.2) is 34.7 Å². The van der Waals surface area contributed by atoms with Crippen LogP contribution in [0.2, 0.25) is 0 Å². The van der Waals surface area contributed by atoms with Gasteiger partial charge in [0.05, 0.1) is 5.69 Å². The molecule has 3 rings (SSSR count). The van der Waals surface area contributed by atoms with Crippen molar-refractivity contribution in [3.8, 4) is 5.69 Å². The van der Waals surface area contributed by atoms with Gasteiger partial charge in [-0.3, -0.25) is 9.59 Å². The number of hydrogen-bond donors (Lipinski definition) is 2. The Bertz CT molecular complexity index is 768. The maximum absolute atomic E-state index is 13.1. The zero-order chi connectivity index (χ0) is 17.1. The second-order valence-electron chi connectivity index (χ2n) is 5.75. The molecule has 0 spiro atoms. The maximum Gasteiger partial charge on any atom is 0.272 e. The minimum absolute atomic E-state index is 0.134. The van der Waals surface area contributed by atoms with Crippen LogP contribution in [0, 0.1) is 5.82 Å². The van der Waals surface area contributed by atoms with Crippen LogP contribution < -0.4 is 10.6 Å². The minimum atomic E-state index is -0.307. The lowest BCUT2D eigenvalue weighted by Gasteiger charge is -2.06. The molecular formula is C17H19FN4O2. The number of rotatable bonds is 5. The molecule has 7 heteroatoms. The van der Waals surface area contributed by atoms with Crippen LogP contribution in [0.15, 0.2) is 24.3 Å². The fourth-order valence-corrected chi connectivity index (χ4v) is 2.91. The highest BCUT2D eigenvalue weighted by Gasteiger charge is 2.26. The first-order valence-corrected chi connectivity index (χ1v) is 7.95. The van der Waals surface area contributed by atoms with Crippen LogP contribution >= 0.6 is 0 Å². The van der Waals surface area contributed by atoms with Crippen molar-refractivity contribution in [3.63, 3.8) is 0 Å². The van der Waals surface area contributed by atoms with Gasteiger partial charge < -0.3 is 10.6 Å². The second-order valence-corrected chi connectivity index (χ2v) is 5.75. The predicted molar refractivity (Wildman–Crippen MR) is 86.6 cm³/mol. The normalized spacial score (nSPS) is 12.8. The molecule has 0 saturated heterocycles. The molecule has 0 fully saturated rings. The Morgan fingerprint density at radius 3 is 2.58 bits per heavy atom. The lowest BCUT2D eigenvalue weighted by Crippen LogP contribution is -2.34. The Kier molecular flexibility index (Phi) is 4.59. The number of carbonyl (C=O) groups excluding carboxylic acids is 2. The summed E-state index contributed by atoms with van der Waals surface area (Å²) in [5.41, 5.74) is 3.12. The fourth-order valence-electron chi connectivity index (χ4n) is 2.91. The number of aromatic nitrogens is 2. The van der Waals surface area contributed by atoms with Crippen molar-refractivity contribution in [2.24, 2.45) is 0 Å². The second kappa shape index (κ2) is 6.82. The average Bonchev–Trinajstić information content (AvgIpc) is 3.14. The van der Waals surface area contributed by atoms with Crippen LogP contribution in [0.25, 0.3) is 5.69 Å². The largest absolute Gasteiger partial charge is 0.355 e. The summed E-state index contributed by atoms with van der Waals surface area (Å²) in [5, 5.41) is 9.84. The third-order valence-corrected chi connectivity index (χ3v) is 4.00. The smallest absolute Gasteiger partial charge is 0.272 e. The number of amides is 2. The van der Waals surface area contributed by atoms with Gasteiger partial charge in [0, 0.05) is 31.3 Å². The van der Waals surface area contributed by atoms with E-state index in [0.29, 0.717) is 18.8 Å². The van der Waals surface area contributed by atoms with Gasteiger partial charge in [-0.15, -0.1) is 0 Å². The quantitative estimate of drug-likeness (QED) is 0.813. The van der Waals surface area contributed by atoms with E-state index in [-0.39, 0.29) is 17.6 Å². The molecule has 24 heavy (non-hydrogen) atoms. The van der Waals surface area contributed by atoms with Gasteiger partial charge in [0.15, 0.2) is 5.69 Å². The third-order valence-electron chi connectivity index (χ3n) is 4.00. The Labute approximate surface area is 139 Å². The zero-order valence-corrected chi connectivity index (χ0v) is 13.4. The van der Waals surface area contributed by atoms with E-state index in [0.717, 1.165) is 36.2 Å². The molecule has 0 saturated carbocycles. The zero-order valence-electron chi connectivity index (χ0n) is 13.4. The average molecular weight is 330 g/mol. The van der Waals surface area contributed by atoms with E-state index in [1.54, 1.807) is 16.8 Å². The maximum atomic E-state index is 13.1. The Morgan fingerprint density at radius 2 is 1.88 bits per heavy atom. The van der Waals surface area contributed by atoms with Gasteiger partial charge in [0.2, 0.25) is 5.91 Å². The fraction of sp³-hybridized carbons (Fsp3) is 0.353. The van der Waals surface area contributed by atoms with Gasteiger partial charge in [-0.05, 0) is 43.5 Å². The van der Waals surface area contributed by atoms with Crippen molar-refractivity contribution in [2.45, 2.75) is 26.2 Å². The van der Waals surface area contributed by atoms with Crippen molar-refractivity contribution < 1.29 is 14.0 Å². The minimum Gasteiger partial charge on any atom is -0.355 e. The predicted octanol–water partition coefficient (Wildman–Crippen LogP) is 1.37. The van der Waals surface area contributed by atoms with E-state index >= 15 is 0 Å². The van der Waals surface area contributed by atoms with Gasteiger partial charge in [-0.1, -0.05) is 0 Å². The summed E-state index contributed by atoms with van der Waals surface area (Å²) in [7, 11) is 0. The Balaban J connectivity index is 1.79. The van der Waals surface area contributed by atoms with Gasteiger partial charge in [-0.2, -0.15) is 5.10 Å². The number of halogens is 1. The molecule has 0 aliphatic heterocycles. The first-order valence-electron chi connectivity index (χ1n) is 7.95. The molecule has 2 N–H and O–H groups in total. The molecule has 0 bridgehead atoms. The number of nitrogens with one attached hydrogen (secondary N) is 2. The van der Waals surface area contributed by atoms with E-state index in [1.807, 2.05) is 0 Å². The summed E-state index contributed by atoms with van der Waals surface area (Å²) in [4.78, 5) is 23.2. The third kappa shape index (κ3) is 3.29. The first-order chi connectivity index (χ1) is 11.6. The van der Waals surface area contributed by atoms with Gasteiger partial charge in [-0.25, -0.2) is 9.07 Å². The van der Waals surface area contributed by atoms with Gasteiger partial charge >= 0.3 is 0 Å². The molecule has 0 atom stereocenters. The number of benzene rings is 1. The van der Waals surface area contributed by atoms with E-state index in [1.165, 1.54) is 19.1 Å². The van der Waals surface area contributed by atoms with E-state index in [9.17, 15) is 14.0 Å². The molecular weight excluding hydrogens is 311 g/mol. The Morgan fingerprint density at radius 1 is 1.17 bits per heavy atom. The van der Waals surface area contributed by atoms with Gasteiger partial charge in [0.25, 0.3) is 5.91 Å². The topological polar surface area (TPSA) is 76.0 Å². The SMILES string of the molecule is CC(=O)NCCNC(=O)c1nn(-c2ccc(F)cc2)c2c1CCC2. The molecule has 6 nitrogen and oxygen atoms in total. The monoisotopic (exact) mass is 330 g/mol. The van der Waals surface area contributed by atoms with Crippen molar-refractivity contribution in [3.05, 3.63) is 47.0 Å². The number of nitrogens with zero attached hydrogens (tertiary/aromatic N) is 2. The molecule has 0 unspecified atom stereocenters. The van der Waals surface area contributed by atoms with Crippen LogP contribution in [0.1, 0.15) is 35.1 Å². The molecule has 1 aromatic carbocycles. The molecule has 2 aromatic rings. The van der Waals surface area contributed by atoms with Crippen LogP contribution in [0.5, 0.6) is 0 Å². The molecule has 126 valence electrons. The highest BCUT2D eigenvalue weighted by Crippen LogP contribution is 2.27. The number of carbonyl (C=O) groups is 2. The van der Waals surface area contributed by atoms with Crippen LogP contribution in [0.4, 0.5) is 4.39 Å². The summed E-state index contributed by atoms with van der Waals surface area (Å²) in [6.45, 7) is 2.15. The first kappa shape index (κ1) is 16.2. The summed E-state index contributed by atoms with van der Waals surface area (Å²) in [5.74, 6) is -0.691. The summed E-state index contributed by atoms with van der Waals surface area (Å²) < 4.78 is 14.8. The highest BCUT2D eigenvalue weighted by molar-refractivity contribution is 5.94. The van der Waals surface area contributed by atoms with Crippen molar-refractivity contribution in [2.75, 3.05) is 13.1 Å². The summed E-state index contributed by atoms with van der Waals surface area (Å²) in [6.07, 6.45) is 2.63. The lowest BCUT2D eigenvalue weighted by atomic mass is 10.2. The molecule has 2 amide bonds.